The number of rotatable bonds is 4. The van der Waals surface area contributed by atoms with Crippen LogP contribution < -0.4 is 10.5 Å². The van der Waals surface area contributed by atoms with Gasteiger partial charge in [-0.3, -0.25) is 4.79 Å². The summed E-state index contributed by atoms with van der Waals surface area (Å²) in [7, 11) is -1.55. The van der Waals surface area contributed by atoms with E-state index in [1.165, 1.54) is 19.3 Å². The molecule has 1 aliphatic heterocycles. The number of benzene rings is 1. The molecule has 0 N–H and O–H groups in total. The SMILES string of the molecule is CCS(=O)(=O)c1ccc(N2CCC3(CC3)C2)c(-c2cn(C)c(=O)c3c2C=CC3)c1. The molecule has 0 amide bonds. The second-order valence-corrected chi connectivity index (χ2v) is 11.0. The van der Waals surface area contributed by atoms with Gasteiger partial charge in [0.2, 0.25) is 0 Å². The Bertz CT molecular complexity index is 1200. The third-order valence-corrected chi connectivity index (χ3v) is 8.59. The normalized spacial score (nSPS) is 19.2. The standard InChI is InChI=1S/C23H26N2O3S/c1-3-29(27,28)16-7-8-21(25-12-11-23(15-25)9-10-23)19(13-16)20-14-24(2)22(26)18-6-4-5-17(18)20/h4-5,7-8,13-14H,3,6,9-12,15H2,1-2H3. The highest BCUT2D eigenvalue weighted by molar-refractivity contribution is 7.91. The molecule has 29 heavy (non-hydrogen) atoms. The number of sulfone groups is 1. The van der Waals surface area contributed by atoms with Gasteiger partial charge in [-0.05, 0) is 54.9 Å². The molecule has 152 valence electrons. The minimum atomic E-state index is -3.32. The summed E-state index contributed by atoms with van der Waals surface area (Å²) < 4.78 is 26.8. The molecule has 1 aromatic carbocycles. The molecule has 6 heteroatoms. The van der Waals surface area contributed by atoms with Crippen molar-refractivity contribution in [2.45, 2.75) is 37.5 Å². The van der Waals surface area contributed by atoms with E-state index in [0.717, 1.165) is 41.0 Å². The van der Waals surface area contributed by atoms with Crippen LogP contribution in [0.25, 0.3) is 17.2 Å². The molecule has 5 rings (SSSR count). The van der Waals surface area contributed by atoms with Crippen molar-refractivity contribution in [3.8, 4) is 11.1 Å². The first-order valence-corrected chi connectivity index (χ1v) is 12.0. The van der Waals surface area contributed by atoms with Crippen molar-refractivity contribution in [1.82, 2.24) is 4.57 Å². The number of nitrogens with zero attached hydrogens (tertiary/aromatic N) is 2. The van der Waals surface area contributed by atoms with Gasteiger partial charge in [-0.25, -0.2) is 8.42 Å². The van der Waals surface area contributed by atoms with Crippen molar-refractivity contribution in [2.24, 2.45) is 12.5 Å². The minimum Gasteiger partial charge on any atom is -0.370 e. The molecule has 1 saturated heterocycles. The van der Waals surface area contributed by atoms with Crippen LogP contribution in [0.4, 0.5) is 5.69 Å². The number of hydrogen-bond acceptors (Lipinski definition) is 4. The molecule has 5 nitrogen and oxygen atoms in total. The van der Waals surface area contributed by atoms with Gasteiger partial charge in [-0.2, -0.15) is 0 Å². The number of fused-ring (bicyclic) bond motifs is 1. The molecule has 1 saturated carbocycles. The fraction of sp³-hybridized carbons (Fsp3) is 0.435. The van der Waals surface area contributed by atoms with E-state index in [1.54, 1.807) is 24.6 Å². The van der Waals surface area contributed by atoms with Crippen LogP contribution in [0.3, 0.4) is 0 Å². The maximum absolute atomic E-state index is 12.6. The zero-order chi connectivity index (χ0) is 20.4. The van der Waals surface area contributed by atoms with E-state index in [4.69, 9.17) is 0 Å². The van der Waals surface area contributed by atoms with Crippen LogP contribution in [-0.2, 0) is 23.3 Å². The van der Waals surface area contributed by atoms with Gasteiger partial charge in [0.05, 0.1) is 10.6 Å². The largest absolute Gasteiger partial charge is 0.370 e. The van der Waals surface area contributed by atoms with Crippen molar-refractivity contribution in [2.75, 3.05) is 23.7 Å². The Kier molecular flexibility index (Phi) is 4.07. The maximum atomic E-state index is 12.6. The van der Waals surface area contributed by atoms with Crippen LogP contribution in [0.15, 0.2) is 40.2 Å². The maximum Gasteiger partial charge on any atom is 0.254 e. The van der Waals surface area contributed by atoms with Gasteiger partial charge in [-0.1, -0.05) is 19.1 Å². The van der Waals surface area contributed by atoms with Crippen LogP contribution in [0.5, 0.6) is 0 Å². The predicted octanol–water partition coefficient (Wildman–Crippen LogP) is 3.41. The van der Waals surface area contributed by atoms with E-state index < -0.39 is 9.84 Å². The van der Waals surface area contributed by atoms with Gasteiger partial charge in [-0.15, -0.1) is 0 Å². The highest BCUT2D eigenvalue weighted by Gasteiger charge is 2.48. The monoisotopic (exact) mass is 410 g/mol. The lowest BCUT2D eigenvalue weighted by Crippen LogP contribution is -2.23. The van der Waals surface area contributed by atoms with E-state index in [1.807, 2.05) is 30.5 Å². The molecule has 0 atom stereocenters. The van der Waals surface area contributed by atoms with Gasteiger partial charge < -0.3 is 9.47 Å². The van der Waals surface area contributed by atoms with Crippen molar-refractivity contribution >= 4 is 21.6 Å². The summed E-state index contributed by atoms with van der Waals surface area (Å²) in [5, 5.41) is 0. The molecule has 2 aliphatic carbocycles. The molecule has 0 unspecified atom stereocenters. The molecule has 2 aromatic rings. The predicted molar refractivity (Wildman–Crippen MR) is 116 cm³/mol. The summed E-state index contributed by atoms with van der Waals surface area (Å²) >= 11 is 0. The van der Waals surface area contributed by atoms with Crippen molar-refractivity contribution in [3.05, 3.63) is 52.0 Å². The van der Waals surface area contributed by atoms with Crippen LogP contribution >= 0.6 is 0 Å². The molecule has 0 radical (unpaired) electrons. The summed E-state index contributed by atoms with van der Waals surface area (Å²) in [5.74, 6) is 0.0733. The topological polar surface area (TPSA) is 59.4 Å². The highest BCUT2D eigenvalue weighted by Crippen LogP contribution is 2.54. The summed E-state index contributed by atoms with van der Waals surface area (Å²) in [4.78, 5) is 15.3. The van der Waals surface area contributed by atoms with Gasteiger partial charge in [0.1, 0.15) is 0 Å². The summed E-state index contributed by atoms with van der Waals surface area (Å²) in [6.45, 7) is 3.70. The van der Waals surface area contributed by atoms with Crippen molar-refractivity contribution in [3.63, 3.8) is 0 Å². The first kappa shape index (κ1) is 18.7. The molecular weight excluding hydrogens is 384 g/mol. The Hall–Kier alpha value is -2.34. The lowest BCUT2D eigenvalue weighted by molar-refractivity contribution is 0.581. The molecule has 0 bridgehead atoms. The van der Waals surface area contributed by atoms with Crippen LogP contribution in [0.2, 0.25) is 0 Å². The Morgan fingerprint density at radius 3 is 2.62 bits per heavy atom. The van der Waals surface area contributed by atoms with E-state index >= 15 is 0 Å². The van der Waals surface area contributed by atoms with Gasteiger partial charge in [0.15, 0.2) is 9.84 Å². The Labute approximate surface area is 171 Å². The fourth-order valence-electron chi connectivity index (χ4n) is 4.80. The third-order valence-electron chi connectivity index (χ3n) is 6.86. The van der Waals surface area contributed by atoms with E-state index in [2.05, 4.69) is 4.90 Å². The molecular formula is C23H26N2O3S. The number of aromatic nitrogens is 1. The van der Waals surface area contributed by atoms with Crippen molar-refractivity contribution in [1.29, 1.82) is 0 Å². The zero-order valence-electron chi connectivity index (χ0n) is 16.9. The van der Waals surface area contributed by atoms with E-state index in [0.29, 0.717) is 16.7 Å². The number of anilines is 1. The number of allylic oxidation sites excluding steroid dienone is 1. The smallest absolute Gasteiger partial charge is 0.254 e. The first-order chi connectivity index (χ1) is 13.8. The second kappa shape index (κ2) is 6.33. The second-order valence-electron chi connectivity index (χ2n) is 8.71. The number of aryl methyl sites for hydroxylation is 1. The Morgan fingerprint density at radius 2 is 1.93 bits per heavy atom. The number of hydrogen-bond donors (Lipinski definition) is 0. The first-order valence-electron chi connectivity index (χ1n) is 10.3. The Balaban J connectivity index is 1.73. The van der Waals surface area contributed by atoms with Crippen LogP contribution in [0.1, 0.15) is 37.3 Å². The zero-order valence-corrected chi connectivity index (χ0v) is 17.8. The highest BCUT2D eigenvalue weighted by atomic mass is 32.2. The van der Waals surface area contributed by atoms with E-state index in [-0.39, 0.29) is 11.3 Å². The molecule has 2 fully saturated rings. The van der Waals surface area contributed by atoms with Crippen LogP contribution in [-0.4, -0.2) is 31.8 Å². The molecule has 1 aromatic heterocycles. The quantitative estimate of drug-likeness (QED) is 0.775. The van der Waals surface area contributed by atoms with Crippen LogP contribution in [0, 0.1) is 5.41 Å². The molecule has 3 aliphatic rings. The van der Waals surface area contributed by atoms with Gasteiger partial charge >= 0.3 is 0 Å². The average molecular weight is 411 g/mol. The number of pyridine rings is 1. The average Bonchev–Trinajstić information content (AvgIpc) is 3.11. The minimum absolute atomic E-state index is 0.0192. The summed E-state index contributed by atoms with van der Waals surface area (Å²) in [6, 6.07) is 5.53. The van der Waals surface area contributed by atoms with Crippen molar-refractivity contribution < 1.29 is 8.42 Å². The summed E-state index contributed by atoms with van der Waals surface area (Å²) in [6.07, 6.45) is 10.3. The van der Waals surface area contributed by atoms with Gasteiger partial charge in [0.25, 0.3) is 5.56 Å². The van der Waals surface area contributed by atoms with E-state index in [9.17, 15) is 13.2 Å². The molecule has 1 spiro atoms. The van der Waals surface area contributed by atoms with Gasteiger partial charge in [0, 0.05) is 48.7 Å². The lowest BCUT2D eigenvalue weighted by Gasteiger charge is -2.24. The lowest BCUT2D eigenvalue weighted by atomic mass is 9.97. The summed E-state index contributed by atoms with van der Waals surface area (Å²) in [5.41, 5.74) is 5.14. The Morgan fingerprint density at radius 1 is 1.14 bits per heavy atom. The fourth-order valence-corrected chi connectivity index (χ4v) is 5.71. The molecule has 2 heterocycles. The third kappa shape index (κ3) is 2.96.